The lowest BCUT2D eigenvalue weighted by molar-refractivity contribution is 0.354. The molecule has 0 saturated heterocycles. The molecule has 10 heavy (non-hydrogen) atoms. The Kier molecular flexibility index (Phi) is 2.43. The molecule has 0 aliphatic heterocycles. The quantitative estimate of drug-likeness (QED) is 0.743. The lowest BCUT2D eigenvalue weighted by Gasteiger charge is -1.97. The van der Waals surface area contributed by atoms with Crippen LogP contribution in [0.2, 0.25) is 0 Å². The van der Waals surface area contributed by atoms with Crippen LogP contribution in [-0.4, -0.2) is 10.1 Å². The van der Waals surface area contributed by atoms with Crippen LogP contribution < -0.4 is 0 Å². The summed E-state index contributed by atoms with van der Waals surface area (Å²) < 4.78 is 5.44. The summed E-state index contributed by atoms with van der Waals surface area (Å²) in [4.78, 5) is 4.02. The Bertz CT molecular complexity index is 211. The van der Waals surface area contributed by atoms with Crippen LogP contribution >= 0.6 is 15.9 Å². The summed E-state index contributed by atoms with van der Waals surface area (Å²) in [5.41, 5.74) is 0. The van der Waals surface area contributed by atoms with Gasteiger partial charge in [-0.1, -0.05) is 13.8 Å². The molecule has 0 amide bonds. The summed E-state index contributed by atoms with van der Waals surface area (Å²) in [6.45, 7) is 4.14. The minimum atomic E-state index is 0.360. The van der Waals surface area contributed by atoms with E-state index in [0.717, 1.165) is 6.42 Å². The monoisotopic (exact) mass is 204 g/mol. The molecule has 0 saturated carbocycles. The molecule has 4 heteroatoms. The largest absolute Gasteiger partial charge is 0.338 e. The average Bonchev–Trinajstić information content (AvgIpc) is 2.34. The van der Waals surface area contributed by atoms with Crippen LogP contribution in [0.25, 0.3) is 0 Å². The molecule has 1 heterocycles. The Balaban J connectivity index is 2.74. The minimum Gasteiger partial charge on any atom is -0.338 e. The molecule has 0 bridgehead atoms. The normalized spacial score (nSPS) is 13.5. The van der Waals surface area contributed by atoms with E-state index in [2.05, 4.69) is 39.9 Å². The van der Waals surface area contributed by atoms with Crippen LogP contribution in [0.4, 0.5) is 0 Å². The zero-order valence-corrected chi connectivity index (χ0v) is 7.55. The molecular formula is C6H9BrN2O. The SMILES string of the molecule is CCC(C)c1nc(Br)no1. The fourth-order valence-corrected chi connectivity index (χ4v) is 0.838. The summed E-state index contributed by atoms with van der Waals surface area (Å²) in [7, 11) is 0. The second kappa shape index (κ2) is 3.14. The van der Waals surface area contributed by atoms with Gasteiger partial charge in [0.25, 0.3) is 0 Å². The Labute approximate surface area is 67.9 Å². The molecule has 0 aromatic carbocycles. The molecule has 1 rings (SSSR count). The highest BCUT2D eigenvalue weighted by atomic mass is 79.9. The number of hydrogen-bond acceptors (Lipinski definition) is 3. The predicted octanol–water partition coefficient (Wildman–Crippen LogP) is 2.35. The van der Waals surface area contributed by atoms with Gasteiger partial charge < -0.3 is 4.52 Å². The van der Waals surface area contributed by atoms with Gasteiger partial charge >= 0.3 is 0 Å². The number of aromatic nitrogens is 2. The third-order valence-corrected chi connectivity index (χ3v) is 1.77. The highest BCUT2D eigenvalue weighted by Gasteiger charge is 2.09. The molecule has 0 radical (unpaired) electrons. The molecule has 0 spiro atoms. The van der Waals surface area contributed by atoms with E-state index in [1.807, 2.05) is 0 Å². The Morgan fingerprint density at radius 3 is 2.80 bits per heavy atom. The smallest absolute Gasteiger partial charge is 0.238 e. The van der Waals surface area contributed by atoms with Crippen molar-refractivity contribution in [3.63, 3.8) is 0 Å². The zero-order chi connectivity index (χ0) is 7.56. The van der Waals surface area contributed by atoms with Crippen molar-refractivity contribution in [3.05, 3.63) is 10.6 Å². The number of rotatable bonds is 2. The zero-order valence-electron chi connectivity index (χ0n) is 5.97. The maximum absolute atomic E-state index is 4.91. The maximum atomic E-state index is 4.91. The molecule has 3 nitrogen and oxygen atoms in total. The standard InChI is InChI=1S/C6H9BrN2O/c1-3-4(2)5-8-6(7)9-10-5/h4H,3H2,1-2H3. The van der Waals surface area contributed by atoms with Gasteiger partial charge in [-0.3, -0.25) is 0 Å². The van der Waals surface area contributed by atoms with Gasteiger partial charge in [0, 0.05) is 5.92 Å². The van der Waals surface area contributed by atoms with Crippen LogP contribution in [0.15, 0.2) is 9.26 Å². The third-order valence-electron chi connectivity index (χ3n) is 1.45. The van der Waals surface area contributed by atoms with Crippen molar-refractivity contribution in [1.82, 2.24) is 10.1 Å². The number of nitrogens with zero attached hydrogens (tertiary/aromatic N) is 2. The van der Waals surface area contributed by atoms with Crippen LogP contribution in [0, 0.1) is 0 Å². The fourth-order valence-electron chi connectivity index (χ4n) is 0.591. The van der Waals surface area contributed by atoms with E-state index in [1.54, 1.807) is 0 Å². The van der Waals surface area contributed by atoms with Gasteiger partial charge in [-0.15, -0.1) is 0 Å². The molecule has 0 aliphatic carbocycles. The highest BCUT2D eigenvalue weighted by Crippen LogP contribution is 2.17. The lowest BCUT2D eigenvalue weighted by Crippen LogP contribution is -1.89. The van der Waals surface area contributed by atoms with Crippen molar-refractivity contribution in [2.45, 2.75) is 26.2 Å². The van der Waals surface area contributed by atoms with Gasteiger partial charge in [-0.05, 0) is 27.5 Å². The summed E-state index contributed by atoms with van der Waals surface area (Å²) in [5.74, 6) is 1.06. The second-order valence-corrected chi connectivity index (χ2v) is 2.92. The van der Waals surface area contributed by atoms with Gasteiger partial charge in [0.15, 0.2) is 0 Å². The van der Waals surface area contributed by atoms with E-state index in [1.165, 1.54) is 0 Å². The molecule has 0 aliphatic rings. The third kappa shape index (κ3) is 1.56. The van der Waals surface area contributed by atoms with Crippen molar-refractivity contribution in [2.75, 3.05) is 0 Å². The van der Waals surface area contributed by atoms with Crippen molar-refractivity contribution >= 4 is 15.9 Å². The van der Waals surface area contributed by atoms with E-state index in [9.17, 15) is 0 Å². The van der Waals surface area contributed by atoms with Gasteiger partial charge in [-0.2, -0.15) is 4.98 Å². The Morgan fingerprint density at radius 2 is 2.40 bits per heavy atom. The first-order valence-corrected chi connectivity index (χ1v) is 4.02. The van der Waals surface area contributed by atoms with Gasteiger partial charge in [0.1, 0.15) is 0 Å². The van der Waals surface area contributed by atoms with E-state index < -0.39 is 0 Å². The molecule has 56 valence electrons. The maximum Gasteiger partial charge on any atom is 0.238 e. The Hall–Kier alpha value is -0.380. The first kappa shape index (κ1) is 7.72. The predicted molar refractivity (Wildman–Crippen MR) is 40.7 cm³/mol. The van der Waals surface area contributed by atoms with Gasteiger partial charge in [0.2, 0.25) is 10.6 Å². The minimum absolute atomic E-state index is 0.360. The van der Waals surface area contributed by atoms with Gasteiger partial charge in [-0.25, -0.2) is 0 Å². The van der Waals surface area contributed by atoms with E-state index in [-0.39, 0.29) is 0 Å². The van der Waals surface area contributed by atoms with Crippen molar-refractivity contribution in [3.8, 4) is 0 Å². The summed E-state index contributed by atoms with van der Waals surface area (Å²) >= 11 is 3.11. The first-order chi connectivity index (χ1) is 4.74. The van der Waals surface area contributed by atoms with Crippen molar-refractivity contribution in [2.24, 2.45) is 0 Å². The molecule has 1 unspecified atom stereocenters. The summed E-state index contributed by atoms with van der Waals surface area (Å²) in [6, 6.07) is 0. The molecule has 0 N–H and O–H groups in total. The van der Waals surface area contributed by atoms with Crippen molar-refractivity contribution < 1.29 is 4.52 Å². The molecular weight excluding hydrogens is 196 g/mol. The topological polar surface area (TPSA) is 38.9 Å². The van der Waals surface area contributed by atoms with E-state index >= 15 is 0 Å². The van der Waals surface area contributed by atoms with Crippen molar-refractivity contribution in [1.29, 1.82) is 0 Å². The highest BCUT2D eigenvalue weighted by molar-refractivity contribution is 9.10. The summed E-state index contributed by atoms with van der Waals surface area (Å²) in [6.07, 6.45) is 1.02. The van der Waals surface area contributed by atoms with Crippen LogP contribution in [-0.2, 0) is 0 Å². The van der Waals surface area contributed by atoms with E-state index in [0.29, 0.717) is 16.5 Å². The van der Waals surface area contributed by atoms with Crippen LogP contribution in [0.3, 0.4) is 0 Å². The molecule has 1 aromatic rings. The fraction of sp³-hybridized carbons (Fsp3) is 0.667. The van der Waals surface area contributed by atoms with Crippen LogP contribution in [0.1, 0.15) is 32.1 Å². The first-order valence-electron chi connectivity index (χ1n) is 3.23. The molecule has 1 aromatic heterocycles. The Morgan fingerprint density at radius 1 is 1.70 bits per heavy atom. The average molecular weight is 205 g/mol. The second-order valence-electron chi connectivity index (χ2n) is 2.21. The number of halogens is 1. The lowest BCUT2D eigenvalue weighted by atomic mass is 10.1. The van der Waals surface area contributed by atoms with E-state index in [4.69, 9.17) is 4.52 Å². The molecule has 0 fully saturated rings. The molecule has 1 atom stereocenters. The van der Waals surface area contributed by atoms with Crippen LogP contribution in [0.5, 0.6) is 0 Å². The number of hydrogen-bond donors (Lipinski definition) is 0. The van der Waals surface area contributed by atoms with Gasteiger partial charge in [0.05, 0.1) is 0 Å². The summed E-state index contributed by atoms with van der Waals surface area (Å²) in [5, 5.41) is 3.62.